The van der Waals surface area contributed by atoms with Gasteiger partial charge in [-0.05, 0) is 55.3 Å². The second-order valence-corrected chi connectivity index (χ2v) is 7.81. The van der Waals surface area contributed by atoms with Crippen molar-refractivity contribution >= 4 is 22.7 Å². The van der Waals surface area contributed by atoms with E-state index in [0.717, 1.165) is 17.7 Å². The number of ether oxygens (including phenoxy) is 1. The van der Waals surface area contributed by atoms with Crippen molar-refractivity contribution in [3.05, 3.63) is 99.5 Å². The maximum Gasteiger partial charge on any atom is 0.296 e. The van der Waals surface area contributed by atoms with E-state index in [4.69, 9.17) is 9.15 Å². The summed E-state index contributed by atoms with van der Waals surface area (Å²) in [6.07, 6.45) is 0.879. The Morgan fingerprint density at radius 3 is 2.66 bits per heavy atom. The molecule has 32 heavy (non-hydrogen) atoms. The van der Waals surface area contributed by atoms with E-state index in [1.807, 2.05) is 50.2 Å². The predicted octanol–water partition coefficient (Wildman–Crippen LogP) is 5.04. The van der Waals surface area contributed by atoms with Crippen LogP contribution in [0.1, 0.15) is 46.8 Å². The number of pyridine rings is 1. The first-order valence-corrected chi connectivity index (χ1v) is 10.6. The van der Waals surface area contributed by atoms with E-state index < -0.39 is 6.04 Å². The second kappa shape index (κ2) is 7.96. The van der Waals surface area contributed by atoms with Crippen molar-refractivity contribution < 1.29 is 13.9 Å². The number of rotatable bonds is 5. The Bertz CT molecular complexity index is 1390. The number of fused-ring (bicyclic) bond motifs is 2. The monoisotopic (exact) mass is 426 g/mol. The highest BCUT2D eigenvalue weighted by Crippen LogP contribution is 2.41. The molecular formula is C26H22N2O4. The van der Waals surface area contributed by atoms with Crippen molar-refractivity contribution in [3.8, 4) is 5.75 Å². The van der Waals surface area contributed by atoms with Crippen LogP contribution in [0.15, 0.2) is 75.9 Å². The summed E-state index contributed by atoms with van der Waals surface area (Å²) in [5.41, 5.74) is 2.04. The van der Waals surface area contributed by atoms with Gasteiger partial charge < -0.3 is 9.15 Å². The van der Waals surface area contributed by atoms with Crippen LogP contribution in [0.25, 0.3) is 11.0 Å². The largest absolute Gasteiger partial charge is 0.494 e. The molecule has 1 amide bonds. The van der Waals surface area contributed by atoms with Crippen molar-refractivity contribution in [2.24, 2.45) is 0 Å². The third-order valence-corrected chi connectivity index (χ3v) is 5.54. The molecule has 6 heteroatoms. The van der Waals surface area contributed by atoms with E-state index in [1.165, 1.54) is 0 Å². The average Bonchev–Trinajstić information content (AvgIpc) is 3.10. The van der Waals surface area contributed by atoms with Gasteiger partial charge in [-0.2, -0.15) is 0 Å². The van der Waals surface area contributed by atoms with E-state index >= 15 is 0 Å². The zero-order valence-electron chi connectivity index (χ0n) is 17.9. The van der Waals surface area contributed by atoms with Crippen LogP contribution in [0.4, 0.5) is 5.82 Å². The van der Waals surface area contributed by atoms with Crippen LogP contribution in [0.2, 0.25) is 0 Å². The third kappa shape index (κ3) is 3.24. The number of aryl methyl sites for hydroxylation is 1. The van der Waals surface area contributed by atoms with Gasteiger partial charge in [-0.25, -0.2) is 4.98 Å². The van der Waals surface area contributed by atoms with Crippen LogP contribution in [-0.4, -0.2) is 17.5 Å². The molecule has 160 valence electrons. The number of anilines is 1. The molecule has 0 spiro atoms. The van der Waals surface area contributed by atoms with Gasteiger partial charge in [0.2, 0.25) is 5.76 Å². The molecule has 0 radical (unpaired) electrons. The second-order valence-electron chi connectivity index (χ2n) is 7.81. The van der Waals surface area contributed by atoms with Crippen molar-refractivity contribution in [1.29, 1.82) is 0 Å². The molecule has 0 bridgehead atoms. The Labute approximate surface area is 185 Å². The van der Waals surface area contributed by atoms with Crippen LogP contribution in [-0.2, 0) is 0 Å². The lowest BCUT2D eigenvalue weighted by atomic mass is 9.98. The highest BCUT2D eigenvalue weighted by atomic mass is 16.5. The molecule has 1 atom stereocenters. The molecule has 0 saturated carbocycles. The summed E-state index contributed by atoms with van der Waals surface area (Å²) in [4.78, 5) is 33.2. The van der Waals surface area contributed by atoms with Crippen molar-refractivity contribution in [2.45, 2.75) is 26.3 Å². The lowest BCUT2D eigenvalue weighted by molar-refractivity contribution is 0.0970. The molecule has 0 unspecified atom stereocenters. The Balaban J connectivity index is 1.76. The molecule has 0 saturated heterocycles. The van der Waals surface area contributed by atoms with E-state index in [0.29, 0.717) is 34.7 Å². The van der Waals surface area contributed by atoms with Crippen LogP contribution in [0.3, 0.4) is 0 Å². The summed E-state index contributed by atoms with van der Waals surface area (Å²) in [6.45, 7) is 4.49. The number of carbonyl (C=O) groups is 1. The first-order valence-electron chi connectivity index (χ1n) is 10.6. The zero-order valence-corrected chi connectivity index (χ0v) is 17.9. The molecular weight excluding hydrogens is 404 g/mol. The van der Waals surface area contributed by atoms with Crippen LogP contribution >= 0.6 is 0 Å². The third-order valence-electron chi connectivity index (χ3n) is 5.54. The molecule has 0 N–H and O–H groups in total. The fraction of sp³-hybridized carbons (Fsp3) is 0.192. The molecule has 3 heterocycles. The van der Waals surface area contributed by atoms with Gasteiger partial charge in [-0.15, -0.1) is 0 Å². The number of carbonyl (C=O) groups excluding carboxylic acids is 1. The van der Waals surface area contributed by atoms with E-state index in [2.05, 4.69) is 4.98 Å². The molecule has 0 aliphatic carbocycles. The number of hydrogen-bond acceptors (Lipinski definition) is 5. The van der Waals surface area contributed by atoms with Crippen LogP contribution in [0, 0.1) is 6.92 Å². The number of amides is 1. The topological polar surface area (TPSA) is 72.6 Å². The van der Waals surface area contributed by atoms with Crippen molar-refractivity contribution in [2.75, 3.05) is 11.5 Å². The standard InChI is InChI=1S/C26H22N2O4/c1-3-14-31-18-10-7-9-17(15-18)23-22-24(29)19-11-4-5-12-20(19)32-25(22)26(30)28(23)21-13-6-8-16(2)27-21/h4-13,15,23H,3,14H2,1-2H3/t23-/m1/s1. The van der Waals surface area contributed by atoms with Gasteiger partial charge in [0, 0.05) is 5.69 Å². The van der Waals surface area contributed by atoms with Gasteiger partial charge >= 0.3 is 0 Å². The Kier molecular flexibility index (Phi) is 4.98. The predicted molar refractivity (Wildman–Crippen MR) is 122 cm³/mol. The van der Waals surface area contributed by atoms with Gasteiger partial charge in [0.05, 0.1) is 23.6 Å². The average molecular weight is 426 g/mol. The number of para-hydroxylation sites is 1. The van der Waals surface area contributed by atoms with Crippen LogP contribution in [0.5, 0.6) is 5.75 Å². The highest BCUT2D eigenvalue weighted by Gasteiger charge is 2.44. The van der Waals surface area contributed by atoms with Gasteiger partial charge in [0.25, 0.3) is 5.91 Å². The molecule has 1 aliphatic heterocycles. The Morgan fingerprint density at radius 2 is 1.84 bits per heavy atom. The maximum atomic E-state index is 13.6. The number of benzene rings is 2. The summed E-state index contributed by atoms with van der Waals surface area (Å²) in [7, 11) is 0. The summed E-state index contributed by atoms with van der Waals surface area (Å²) >= 11 is 0. The Hall–Kier alpha value is -3.93. The summed E-state index contributed by atoms with van der Waals surface area (Å²) in [6, 6.07) is 19.3. The number of aromatic nitrogens is 1. The summed E-state index contributed by atoms with van der Waals surface area (Å²) < 4.78 is 11.8. The first-order chi connectivity index (χ1) is 15.6. The minimum atomic E-state index is -0.669. The maximum absolute atomic E-state index is 13.6. The van der Waals surface area contributed by atoms with E-state index in [-0.39, 0.29) is 17.1 Å². The fourth-order valence-corrected chi connectivity index (χ4v) is 4.13. The lowest BCUT2D eigenvalue weighted by Gasteiger charge is -2.24. The molecule has 2 aromatic heterocycles. The van der Waals surface area contributed by atoms with Crippen molar-refractivity contribution in [3.63, 3.8) is 0 Å². The molecule has 2 aromatic carbocycles. The highest BCUT2D eigenvalue weighted by molar-refractivity contribution is 6.10. The number of nitrogens with zero attached hydrogens (tertiary/aromatic N) is 2. The summed E-state index contributed by atoms with van der Waals surface area (Å²) in [5, 5.41) is 0.446. The van der Waals surface area contributed by atoms with Gasteiger partial charge in [-0.1, -0.05) is 37.3 Å². The zero-order chi connectivity index (χ0) is 22.2. The minimum absolute atomic E-state index is 0.0573. The molecule has 5 rings (SSSR count). The van der Waals surface area contributed by atoms with E-state index in [1.54, 1.807) is 35.2 Å². The van der Waals surface area contributed by atoms with Gasteiger partial charge in [-0.3, -0.25) is 14.5 Å². The molecule has 0 fully saturated rings. The van der Waals surface area contributed by atoms with Gasteiger partial charge in [0.15, 0.2) is 5.43 Å². The Morgan fingerprint density at radius 1 is 1.03 bits per heavy atom. The molecule has 1 aliphatic rings. The van der Waals surface area contributed by atoms with E-state index in [9.17, 15) is 9.59 Å². The fourth-order valence-electron chi connectivity index (χ4n) is 4.13. The normalized spacial score (nSPS) is 15.2. The minimum Gasteiger partial charge on any atom is -0.494 e. The van der Waals surface area contributed by atoms with Gasteiger partial charge in [0.1, 0.15) is 17.2 Å². The molecule has 4 aromatic rings. The molecule has 6 nitrogen and oxygen atoms in total. The van der Waals surface area contributed by atoms with Crippen molar-refractivity contribution in [1.82, 2.24) is 4.98 Å². The lowest BCUT2D eigenvalue weighted by Crippen LogP contribution is -2.30. The first kappa shape index (κ1) is 20.0. The smallest absolute Gasteiger partial charge is 0.296 e. The quantitative estimate of drug-likeness (QED) is 0.447. The number of hydrogen-bond donors (Lipinski definition) is 0. The SMILES string of the molecule is CCCOc1cccc([C@@H]2c3c(oc4ccccc4c3=O)C(=O)N2c2cccc(C)n2)c1. The van der Waals surface area contributed by atoms with Crippen LogP contribution < -0.4 is 15.1 Å². The summed E-state index contributed by atoms with van der Waals surface area (Å²) in [5.74, 6) is 0.829.